The third kappa shape index (κ3) is 2.89. The van der Waals surface area contributed by atoms with E-state index >= 15 is 0 Å². The van der Waals surface area contributed by atoms with Gasteiger partial charge in [-0.2, -0.15) is 0 Å². The van der Waals surface area contributed by atoms with Crippen LogP contribution in [0.5, 0.6) is 0 Å². The monoisotopic (exact) mass is 280 g/mol. The number of aryl methyl sites for hydroxylation is 1. The smallest absolute Gasteiger partial charge is 0.287 e. The zero-order valence-corrected chi connectivity index (χ0v) is 10.6. The fourth-order valence-corrected chi connectivity index (χ4v) is 1.69. The lowest BCUT2D eigenvalue weighted by Crippen LogP contribution is -2.16. The summed E-state index contributed by atoms with van der Waals surface area (Å²) in [5, 5.41) is 13.4. The van der Waals surface area contributed by atoms with Gasteiger partial charge >= 0.3 is 0 Å². The van der Waals surface area contributed by atoms with E-state index in [-0.39, 0.29) is 22.4 Å². The molecule has 1 N–H and O–H groups in total. The lowest BCUT2D eigenvalue weighted by molar-refractivity contribution is -0.384. The van der Waals surface area contributed by atoms with Crippen molar-refractivity contribution in [2.24, 2.45) is 7.05 Å². The zero-order chi connectivity index (χ0) is 14.0. The molecule has 0 aliphatic heterocycles. The SMILES string of the molecule is Cn1cc([N+](=O)[O-])cc1C(=O)Nc1cccc(Cl)n1. The Bertz CT molecular complexity index is 653. The van der Waals surface area contributed by atoms with E-state index in [9.17, 15) is 14.9 Å². The molecule has 2 rings (SSSR count). The van der Waals surface area contributed by atoms with Gasteiger partial charge in [0, 0.05) is 13.1 Å². The number of anilines is 1. The number of halogens is 1. The van der Waals surface area contributed by atoms with Crippen molar-refractivity contribution in [3.8, 4) is 0 Å². The number of carbonyl (C=O) groups excluding carboxylic acids is 1. The first kappa shape index (κ1) is 13.0. The summed E-state index contributed by atoms with van der Waals surface area (Å²) >= 11 is 5.69. The Morgan fingerprint density at radius 3 is 2.84 bits per heavy atom. The molecule has 2 aromatic heterocycles. The number of carbonyl (C=O) groups is 1. The molecule has 0 bridgehead atoms. The van der Waals surface area contributed by atoms with Gasteiger partial charge in [0.2, 0.25) is 0 Å². The number of hydrogen-bond donors (Lipinski definition) is 1. The summed E-state index contributed by atoms with van der Waals surface area (Å²) in [6.07, 6.45) is 1.26. The molecule has 0 aromatic carbocycles. The minimum Gasteiger partial charge on any atom is -0.340 e. The van der Waals surface area contributed by atoms with Crippen molar-refractivity contribution in [1.29, 1.82) is 0 Å². The molecule has 0 fully saturated rings. The molecule has 0 spiro atoms. The van der Waals surface area contributed by atoms with Crippen molar-refractivity contribution in [3.05, 3.63) is 51.4 Å². The second-order valence-corrected chi connectivity index (χ2v) is 4.14. The van der Waals surface area contributed by atoms with Gasteiger partial charge in [-0.3, -0.25) is 14.9 Å². The minimum absolute atomic E-state index is 0.147. The van der Waals surface area contributed by atoms with Crippen LogP contribution in [-0.4, -0.2) is 20.4 Å². The first-order valence-corrected chi connectivity index (χ1v) is 5.60. The Morgan fingerprint density at radius 2 is 2.26 bits per heavy atom. The number of hydrogen-bond acceptors (Lipinski definition) is 4. The molecule has 2 heterocycles. The van der Waals surface area contributed by atoms with Crippen LogP contribution in [0.3, 0.4) is 0 Å². The van der Waals surface area contributed by atoms with E-state index in [1.165, 1.54) is 16.8 Å². The average molecular weight is 281 g/mol. The first-order valence-electron chi connectivity index (χ1n) is 5.22. The predicted molar refractivity (Wildman–Crippen MR) is 69.3 cm³/mol. The molecular weight excluding hydrogens is 272 g/mol. The topological polar surface area (TPSA) is 90.1 Å². The van der Waals surface area contributed by atoms with Crippen molar-refractivity contribution >= 4 is 29.0 Å². The molecule has 98 valence electrons. The Kier molecular flexibility index (Phi) is 3.48. The van der Waals surface area contributed by atoms with Crippen molar-refractivity contribution in [1.82, 2.24) is 9.55 Å². The normalized spacial score (nSPS) is 10.2. The highest BCUT2D eigenvalue weighted by molar-refractivity contribution is 6.29. The highest BCUT2D eigenvalue weighted by atomic mass is 35.5. The second-order valence-electron chi connectivity index (χ2n) is 3.75. The Balaban J connectivity index is 2.23. The zero-order valence-electron chi connectivity index (χ0n) is 9.83. The number of amides is 1. The molecule has 0 aliphatic rings. The first-order chi connectivity index (χ1) is 8.97. The summed E-state index contributed by atoms with van der Waals surface area (Å²) < 4.78 is 1.37. The highest BCUT2D eigenvalue weighted by Gasteiger charge is 2.17. The lowest BCUT2D eigenvalue weighted by Gasteiger charge is -2.04. The molecule has 2 aromatic rings. The fraction of sp³-hybridized carbons (Fsp3) is 0.0909. The molecular formula is C11H9ClN4O3. The van der Waals surface area contributed by atoms with Gasteiger partial charge < -0.3 is 9.88 Å². The van der Waals surface area contributed by atoms with Crippen LogP contribution < -0.4 is 5.32 Å². The minimum atomic E-state index is -0.561. The van der Waals surface area contributed by atoms with E-state index in [1.54, 1.807) is 25.2 Å². The van der Waals surface area contributed by atoms with Crippen LogP contribution in [0.4, 0.5) is 11.5 Å². The van der Waals surface area contributed by atoms with Crippen LogP contribution in [0.2, 0.25) is 5.15 Å². The molecule has 7 nitrogen and oxygen atoms in total. The van der Waals surface area contributed by atoms with Crippen molar-refractivity contribution < 1.29 is 9.72 Å². The Labute approximate surface area is 113 Å². The molecule has 0 saturated heterocycles. The van der Waals surface area contributed by atoms with Gasteiger partial charge in [0.1, 0.15) is 16.7 Å². The van der Waals surface area contributed by atoms with Crippen LogP contribution in [-0.2, 0) is 7.05 Å². The van der Waals surface area contributed by atoms with Crippen LogP contribution in [0.25, 0.3) is 0 Å². The number of aromatic nitrogens is 2. The number of rotatable bonds is 3. The molecule has 0 unspecified atom stereocenters. The van der Waals surface area contributed by atoms with E-state index in [0.717, 1.165) is 0 Å². The second kappa shape index (κ2) is 5.07. The number of nitro groups is 1. The standard InChI is InChI=1S/C11H9ClN4O3/c1-15-6-7(16(18)19)5-8(15)11(17)14-10-4-2-3-9(12)13-10/h2-6H,1H3,(H,13,14,17). The van der Waals surface area contributed by atoms with Gasteiger partial charge in [0.15, 0.2) is 0 Å². The quantitative estimate of drug-likeness (QED) is 0.530. The molecule has 19 heavy (non-hydrogen) atoms. The van der Waals surface area contributed by atoms with Gasteiger partial charge in [-0.15, -0.1) is 0 Å². The summed E-state index contributed by atoms with van der Waals surface area (Å²) in [5.41, 5.74) is 0.0141. The van der Waals surface area contributed by atoms with Crippen LogP contribution in [0.1, 0.15) is 10.5 Å². The van der Waals surface area contributed by atoms with Gasteiger partial charge in [0.25, 0.3) is 11.6 Å². The third-order valence-corrected chi connectivity index (χ3v) is 2.60. The van der Waals surface area contributed by atoms with E-state index < -0.39 is 10.8 Å². The van der Waals surface area contributed by atoms with E-state index in [1.807, 2.05) is 0 Å². The molecule has 0 radical (unpaired) electrons. The molecule has 0 aliphatic carbocycles. The third-order valence-electron chi connectivity index (χ3n) is 2.39. The van der Waals surface area contributed by atoms with Crippen molar-refractivity contribution in [2.45, 2.75) is 0 Å². The summed E-state index contributed by atoms with van der Waals surface area (Å²) in [5.74, 6) is -0.216. The van der Waals surface area contributed by atoms with E-state index in [4.69, 9.17) is 11.6 Å². The Hall–Kier alpha value is -2.41. The Morgan fingerprint density at radius 1 is 1.53 bits per heavy atom. The molecule has 0 saturated carbocycles. The summed E-state index contributed by atoms with van der Waals surface area (Å²) in [6, 6.07) is 5.98. The summed E-state index contributed by atoms with van der Waals surface area (Å²) in [4.78, 5) is 25.9. The van der Waals surface area contributed by atoms with Crippen molar-refractivity contribution in [2.75, 3.05) is 5.32 Å². The lowest BCUT2D eigenvalue weighted by atomic mass is 10.3. The summed E-state index contributed by atoms with van der Waals surface area (Å²) in [7, 11) is 1.55. The van der Waals surface area contributed by atoms with Crippen molar-refractivity contribution in [3.63, 3.8) is 0 Å². The maximum absolute atomic E-state index is 11.9. The average Bonchev–Trinajstić information content (AvgIpc) is 2.71. The number of nitrogens with zero attached hydrogens (tertiary/aromatic N) is 3. The molecule has 0 atom stereocenters. The fourth-order valence-electron chi connectivity index (χ4n) is 1.53. The maximum Gasteiger partial charge on any atom is 0.287 e. The molecule has 1 amide bonds. The van der Waals surface area contributed by atoms with Crippen LogP contribution >= 0.6 is 11.6 Å². The predicted octanol–water partition coefficient (Wildman–Crippen LogP) is 2.23. The number of pyridine rings is 1. The van der Waals surface area contributed by atoms with Crippen LogP contribution in [0, 0.1) is 10.1 Å². The highest BCUT2D eigenvalue weighted by Crippen LogP contribution is 2.17. The largest absolute Gasteiger partial charge is 0.340 e. The van der Waals surface area contributed by atoms with Gasteiger partial charge in [-0.25, -0.2) is 4.98 Å². The maximum atomic E-state index is 11.9. The van der Waals surface area contributed by atoms with Gasteiger partial charge in [-0.1, -0.05) is 17.7 Å². The van der Waals surface area contributed by atoms with E-state index in [0.29, 0.717) is 0 Å². The number of nitrogens with one attached hydrogen (secondary N) is 1. The molecule has 8 heteroatoms. The summed E-state index contributed by atoms with van der Waals surface area (Å²) in [6.45, 7) is 0. The van der Waals surface area contributed by atoms with Gasteiger partial charge in [0.05, 0.1) is 11.1 Å². The van der Waals surface area contributed by atoms with Crippen LogP contribution in [0.15, 0.2) is 30.5 Å². The van der Waals surface area contributed by atoms with Gasteiger partial charge in [-0.05, 0) is 12.1 Å². The van der Waals surface area contributed by atoms with E-state index in [2.05, 4.69) is 10.3 Å².